The molecule has 7 heteroatoms. The molecule has 0 radical (unpaired) electrons. The molecule has 134 valence electrons. The number of carbonyl (C=O) groups excluding carboxylic acids is 1. The minimum Gasteiger partial charge on any atom is -0.480 e. The van der Waals surface area contributed by atoms with E-state index in [1.165, 1.54) is 31.2 Å². The van der Waals surface area contributed by atoms with Crippen LogP contribution in [-0.4, -0.2) is 51.3 Å². The van der Waals surface area contributed by atoms with Crippen LogP contribution in [0.4, 0.5) is 4.79 Å². The summed E-state index contributed by atoms with van der Waals surface area (Å²) in [5.74, 6) is 3.28. The molecule has 2 N–H and O–H groups in total. The van der Waals surface area contributed by atoms with Gasteiger partial charge in [-0.3, -0.25) is 4.90 Å². The van der Waals surface area contributed by atoms with Crippen molar-refractivity contribution in [3.05, 3.63) is 35.4 Å². The lowest BCUT2D eigenvalue weighted by atomic mass is 10.1. The molecule has 0 fully saturated rings. The number of benzene rings is 1. The van der Waals surface area contributed by atoms with Gasteiger partial charge in [-0.25, -0.2) is 14.4 Å². The van der Waals surface area contributed by atoms with Gasteiger partial charge in [0.25, 0.3) is 0 Å². The first-order chi connectivity index (χ1) is 11.5. The van der Waals surface area contributed by atoms with Gasteiger partial charge in [-0.15, -0.1) is 0 Å². The second-order valence-corrected chi connectivity index (χ2v) is 6.31. The smallest absolute Gasteiger partial charge is 0.411 e. The first-order valence-corrected chi connectivity index (χ1v) is 7.56. The Labute approximate surface area is 146 Å². The predicted molar refractivity (Wildman–Crippen MR) is 90.3 cm³/mol. The first kappa shape index (κ1) is 20.0. The summed E-state index contributed by atoms with van der Waals surface area (Å²) in [6, 6.07) is 4.80. The Morgan fingerprint density at radius 1 is 1.16 bits per heavy atom. The van der Waals surface area contributed by atoms with E-state index >= 15 is 0 Å². The van der Waals surface area contributed by atoms with Gasteiger partial charge >= 0.3 is 18.0 Å². The van der Waals surface area contributed by atoms with Crippen molar-refractivity contribution in [2.75, 3.05) is 6.54 Å². The third kappa shape index (κ3) is 6.55. The van der Waals surface area contributed by atoms with Crippen LogP contribution in [0.1, 0.15) is 43.6 Å². The van der Waals surface area contributed by atoms with Gasteiger partial charge in [-0.05, 0) is 52.0 Å². The molecule has 25 heavy (non-hydrogen) atoms. The van der Waals surface area contributed by atoms with E-state index in [0.717, 1.165) is 4.90 Å². The van der Waals surface area contributed by atoms with E-state index in [4.69, 9.17) is 14.9 Å². The van der Waals surface area contributed by atoms with E-state index in [0.29, 0.717) is 5.56 Å². The van der Waals surface area contributed by atoms with Crippen molar-refractivity contribution in [1.82, 2.24) is 4.90 Å². The maximum absolute atomic E-state index is 12.2. The number of nitrogens with zero attached hydrogens (tertiary/aromatic N) is 1. The molecule has 1 aromatic rings. The summed E-state index contributed by atoms with van der Waals surface area (Å²) in [4.78, 5) is 35.2. The second-order valence-electron chi connectivity index (χ2n) is 6.31. The van der Waals surface area contributed by atoms with E-state index in [1.807, 2.05) is 0 Å². The fraction of sp³-hybridized carbons (Fsp3) is 0.389. The molecule has 0 spiro atoms. The number of hydrogen-bond acceptors (Lipinski definition) is 4. The van der Waals surface area contributed by atoms with Gasteiger partial charge in [0.1, 0.15) is 11.6 Å². The molecule has 7 nitrogen and oxygen atoms in total. The molecule has 0 saturated carbocycles. The Morgan fingerprint density at radius 2 is 1.72 bits per heavy atom. The minimum absolute atomic E-state index is 0.136. The van der Waals surface area contributed by atoms with E-state index in [9.17, 15) is 14.4 Å². The molecule has 1 rings (SSSR count). The SMILES string of the molecule is C[C@@H](C(=O)O)N(CC#Cc1ccc(C(=O)O)cc1)C(=O)OC(C)(C)C. The second kappa shape index (κ2) is 8.20. The van der Waals surface area contributed by atoms with Gasteiger partial charge < -0.3 is 14.9 Å². The van der Waals surface area contributed by atoms with Crippen LogP contribution in [0.3, 0.4) is 0 Å². The highest BCUT2D eigenvalue weighted by atomic mass is 16.6. The Balaban J connectivity index is 2.90. The maximum atomic E-state index is 12.2. The highest BCUT2D eigenvalue weighted by molar-refractivity contribution is 5.87. The summed E-state index contributed by atoms with van der Waals surface area (Å²) in [6.07, 6.45) is -0.766. The van der Waals surface area contributed by atoms with E-state index in [1.54, 1.807) is 20.8 Å². The summed E-state index contributed by atoms with van der Waals surface area (Å²) >= 11 is 0. The number of carboxylic acid groups (broad SMARTS) is 2. The van der Waals surface area contributed by atoms with E-state index < -0.39 is 29.7 Å². The van der Waals surface area contributed by atoms with Gasteiger partial charge in [0.15, 0.2) is 0 Å². The van der Waals surface area contributed by atoms with Crippen LogP contribution in [0.15, 0.2) is 24.3 Å². The highest BCUT2D eigenvalue weighted by Gasteiger charge is 2.29. The van der Waals surface area contributed by atoms with Gasteiger partial charge in [0.2, 0.25) is 0 Å². The van der Waals surface area contributed by atoms with E-state index in [-0.39, 0.29) is 12.1 Å². The summed E-state index contributed by atoms with van der Waals surface area (Å²) in [6.45, 7) is 6.29. The zero-order chi connectivity index (χ0) is 19.2. The Morgan fingerprint density at radius 3 is 2.16 bits per heavy atom. The highest BCUT2D eigenvalue weighted by Crippen LogP contribution is 2.12. The predicted octanol–water partition coefficient (Wildman–Crippen LogP) is 2.45. The average Bonchev–Trinajstić information content (AvgIpc) is 2.49. The molecular weight excluding hydrogens is 326 g/mol. The summed E-state index contributed by atoms with van der Waals surface area (Å²) < 4.78 is 5.21. The minimum atomic E-state index is -1.17. The number of carbonyl (C=O) groups is 3. The van der Waals surface area contributed by atoms with Crippen molar-refractivity contribution in [1.29, 1.82) is 0 Å². The van der Waals surface area contributed by atoms with Crippen molar-refractivity contribution in [2.24, 2.45) is 0 Å². The van der Waals surface area contributed by atoms with Gasteiger partial charge in [-0.2, -0.15) is 0 Å². The molecule has 0 aliphatic heterocycles. The van der Waals surface area contributed by atoms with Gasteiger partial charge in [-0.1, -0.05) is 11.8 Å². The van der Waals surface area contributed by atoms with Crippen molar-refractivity contribution in [3.8, 4) is 11.8 Å². The van der Waals surface area contributed by atoms with Crippen molar-refractivity contribution in [3.63, 3.8) is 0 Å². The molecule has 0 aromatic heterocycles. The Kier molecular flexibility index (Phi) is 6.57. The largest absolute Gasteiger partial charge is 0.480 e. The third-order valence-electron chi connectivity index (χ3n) is 3.07. The number of carboxylic acids is 2. The number of aliphatic carboxylic acids is 1. The lowest BCUT2D eigenvalue weighted by Gasteiger charge is -2.28. The zero-order valence-corrected chi connectivity index (χ0v) is 14.6. The lowest BCUT2D eigenvalue weighted by Crippen LogP contribution is -2.45. The molecule has 0 heterocycles. The van der Waals surface area contributed by atoms with Crippen LogP contribution in [0.2, 0.25) is 0 Å². The van der Waals surface area contributed by atoms with E-state index in [2.05, 4.69) is 11.8 Å². The zero-order valence-electron chi connectivity index (χ0n) is 14.6. The molecule has 0 aliphatic carbocycles. The van der Waals surface area contributed by atoms with Crippen LogP contribution >= 0.6 is 0 Å². The maximum Gasteiger partial charge on any atom is 0.411 e. The molecule has 0 aliphatic rings. The van der Waals surface area contributed by atoms with Crippen LogP contribution in [0.25, 0.3) is 0 Å². The molecular formula is C18H21NO6. The number of ether oxygens (including phenoxy) is 1. The fourth-order valence-electron chi connectivity index (χ4n) is 1.74. The third-order valence-corrected chi connectivity index (χ3v) is 3.07. The number of aromatic carboxylic acids is 1. The topological polar surface area (TPSA) is 104 Å². The van der Waals surface area contributed by atoms with Crippen LogP contribution in [0.5, 0.6) is 0 Å². The molecule has 0 unspecified atom stereocenters. The van der Waals surface area contributed by atoms with Crippen LogP contribution in [-0.2, 0) is 9.53 Å². The number of amides is 1. The molecule has 0 bridgehead atoms. The summed E-state index contributed by atoms with van der Waals surface area (Å²) in [5, 5.41) is 18.0. The standard InChI is InChI=1S/C18H21NO6/c1-12(15(20)21)19(17(24)25-18(2,3)4)11-5-6-13-7-9-14(10-8-13)16(22)23/h7-10,12H,11H2,1-4H3,(H,20,21)(H,22,23)/t12-/m0/s1. The number of rotatable bonds is 4. The van der Waals surface area contributed by atoms with Crippen LogP contribution < -0.4 is 0 Å². The number of hydrogen-bond donors (Lipinski definition) is 2. The summed E-state index contributed by atoms with van der Waals surface area (Å²) in [7, 11) is 0. The van der Waals surface area contributed by atoms with Crippen molar-refractivity contribution >= 4 is 18.0 Å². The molecule has 1 aromatic carbocycles. The van der Waals surface area contributed by atoms with Crippen molar-refractivity contribution in [2.45, 2.75) is 39.3 Å². The molecule has 1 atom stereocenters. The quantitative estimate of drug-likeness (QED) is 0.811. The van der Waals surface area contributed by atoms with Gasteiger partial charge in [0, 0.05) is 5.56 Å². The first-order valence-electron chi connectivity index (χ1n) is 7.56. The average molecular weight is 347 g/mol. The molecule has 0 saturated heterocycles. The van der Waals surface area contributed by atoms with Gasteiger partial charge in [0.05, 0.1) is 12.1 Å². The summed E-state index contributed by atoms with van der Waals surface area (Å²) in [5.41, 5.74) is -0.0641. The van der Waals surface area contributed by atoms with Crippen LogP contribution in [0, 0.1) is 11.8 Å². The normalized spacial score (nSPS) is 11.7. The molecule has 1 amide bonds. The lowest BCUT2D eigenvalue weighted by molar-refractivity contribution is -0.142. The fourth-order valence-corrected chi connectivity index (χ4v) is 1.74. The monoisotopic (exact) mass is 347 g/mol. The Hall–Kier alpha value is -3.01. The van der Waals surface area contributed by atoms with Crippen molar-refractivity contribution < 1.29 is 29.3 Å². The Bertz CT molecular complexity index is 706.